The number of rotatable bonds is 6. The van der Waals surface area contributed by atoms with E-state index in [0.717, 1.165) is 60.4 Å². The lowest BCUT2D eigenvalue weighted by atomic mass is 9.95. The van der Waals surface area contributed by atoms with E-state index < -0.39 is 0 Å². The molecule has 178 valence electrons. The van der Waals surface area contributed by atoms with Crippen LogP contribution in [-0.4, -0.2) is 55.1 Å². The molecule has 10 heteroatoms. The predicted octanol–water partition coefficient (Wildman–Crippen LogP) is 3.09. The third kappa shape index (κ3) is 3.93. The van der Waals surface area contributed by atoms with Crippen LogP contribution in [0.1, 0.15) is 74.9 Å². The van der Waals surface area contributed by atoms with Gasteiger partial charge in [0.2, 0.25) is 5.76 Å². The molecule has 1 saturated carbocycles. The van der Waals surface area contributed by atoms with Crippen molar-refractivity contribution in [2.24, 2.45) is 5.92 Å². The van der Waals surface area contributed by atoms with Gasteiger partial charge in [-0.3, -0.25) is 14.3 Å². The summed E-state index contributed by atoms with van der Waals surface area (Å²) in [5.74, 6) is 0.743. The fraction of sp³-hybridized carbons (Fsp3) is 0.542. The molecule has 0 spiro atoms. The number of thiazole rings is 1. The third-order valence-corrected chi connectivity index (χ3v) is 7.77. The van der Waals surface area contributed by atoms with Crippen LogP contribution in [0.4, 0.5) is 0 Å². The maximum Gasteiger partial charge on any atom is 0.293 e. The Balaban J connectivity index is 1.28. The standard InChI is InChI=1S/C24H28N6O3S/c1-28(11-16-13-34-14-25-16)23(31)21-18-12-29(9-8-20(18)30(26-21)10-15-6-7-15)24(32)22-17-4-2-3-5-19(17)27-33-22/h13-15H,2-12H2,1H3. The van der Waals surface area contributed by atoms with E-state index in [0.29, 0.717) is 43.4 Å². The van der Waals surface area contributed by atoms with Crippen molar-refractivity contribution < 1.29 is 14.1 Å². The van der Waals surface area contributed by atoms with Crippen molar-refractivity contribution in [1.82, 2.24) is 29.7 Å². The first-order valence-corrected chi connectivity index (χ1v) is 13.0. The first kappa shape index (κ1) is 21.5. The molecule has 4 heterocycles. The van der Waals surface area contributed by atoms with Gasteiger partial charge in [0, 0.05) is 48.8 Å². The highest BCUT2D eigenvalue weighted by Crippen LogP contribution is 2.33. The molecule has 1 aliphatic heterocycles. The summed E-state index contributed by atoms with van der Waals surface area (Å²) in [5, 5.41) is 10.9. The molecule has 3 aromatic heterocycles. The highest BCUT2D eigenvalue weighted by atomic mass is 32.1. The molecule has 3 aromatic rings. The Labute approximate surface area is 201 Å². The molecule has 2 amide bonds. The highest BCUT2D eigenvalue weighted by Gasteiger charge is 2.35. The highest BCUT2D eigenvalue weighted by molar-refractivity contribution is 7.07. The third-order valence-electron chi connectivity index (χ3n) is 7.14. The van der Waals surface area contributed by atoms with Crippen LogP contribution in [0.25, 0.3) is 0 Å². The van der Waals surface area contributed by atoms with Crippen LogP contribution >= 0.6 is 11.3 Å². The van der Waals surface area contributed by atoms with E-state index >= 15 is 0 Å². The van der Waals surface area contributed by atoms with Crippen LogP contribution in [-0.2, 0) is 38.9 Å². The summed E-state index contributed by atoms with van der Waals surface area (Å²) in [7, 11) is 1.78. The minimum absolute atomic E-state index is 0.134. The average molecular weight is 481 g/mol. The summed E-state index contributed by atoms with van der Waals surface area (Å²) < 4.78 is 7.54. The molecule has 1 fully saturated rings. The van der Waals surface area contributed by atoms with Gasteiger partial charge in [-0.05, 0) is 44.4 Å². The minimum atomic E-state index is -0.134. The zero-order valence-electron chi connectivity index (χ0n) is 19.3. The maximum absolute atomic E-state index is 13.4. The van der Waals surface area contributed by atoms with Crippen LogP contribution in [0.15, 0.2) is 15.4 Å². The lowest BCUT2D eigenvalue weighted by Gasteiger charge is -2.27. The Morgan fingerprint density at radius 2 is 2.06 bits per heavy atom. The van der Waals surface area contributed by atoms with Gasteiger partial charge in [-0.25, -0.2) is 4.98 Å². The van der Waals surface area contributed by atoms with Crippen molar-refractivity contribution >= 4 is 23.2 Å². The van der Waals surface area contributed by atoms with Crippen LogP contribution in [0.3, 0.4) is 0 Å². The van der Waals surface area contributed by atoms with Crippen molar-refractivity contribution in [2.75, 3.05) is 13.6 Å². The lowest BCUT2D eigenvalue weighted by Crippen LogP contribution is -2.37. The van der Waals surface area contributed by atoms with Crippen LogP contribution in [0.2, 0.25) is 0 Å². The number of hydrogen-bond donors (Lipinski definition) is 0. The van der Waals surface area contributed by atoms with Gasteiger partial charge >= 0.3 is 0 Å². The van der Waals surface area contributed by atoms with E-state index in [1.54, 1.807) is 22.4 Å². The second-order valence-corrected chi connectivity index (χ2v) is 10.4. The Kier molecular flexibility index (Phi) is 5.47. The Morgan fingerprint density at radius 1 is 1.21 bits per heavy atom. The monoisotopic (exact) mass is 480 g/mol. The summed E-state index contributed by atoms with van der Waals surface area (Å²) in [4.78, 5) is 34.6. The van der Waals surface area contributed by atoms with Gasteiger partial charge in [-0.2, -0.15) is 5.10 Å². The SMILES string of the molecule is CN(Cc1cscn1)C(=O)c1nn(CC2CC2)c2c1CN(C(=O)c1onc3c1CCCC3)CC2. The van der Waals surface area contributed by atoms with Crippen molar-refractivity contribution in [3.05, 3.63) is 50.6 Å². The first-order valence-electron chi connectivity index (χ1n) is 12.1. The number of hydrogen-bond acceptors (Lipinski definition) is 7. The molecule has 6 rings (SSSR count). The molecule has 34 heavy (non-hydrogen) atoms. The van der Waals surface area contributed by atoms with Gasteiger partial charge in [0.1, 0.15) is 0 Å². The Morgan fingerprint density at radius 3 is 2.85 bits per heavy atom. The summed E-state index contributed by atoms with van der Waals surface area (Å²) in [6.07, 6.45) is 6.94. The van der Waals surface area contributed by atoms with E-state index in [2.05, 4.69) is 10.1 Å². The number of carbonyl (C=O) groups is 2. The average Bonchev–Trinajstić information content (AvgIpc) is 3.23. The molecule has 3 aliphatic rings. The minimum Gasteiger partial charge on any atom is -0.350 e. The van der Waals surface area contributed by atoms with Gasteiger partial charge in [0.25, 0.3) is 11.8 Å². The van der Waals surface area contributed by atoms with Gasteiger partial charge in [-0.1, -0.05) is 5.16 Å². The number of aromatic nitrogens is 4. The summed E-state index contributed by atoms with van der Waals surface area (Å²) in [5.41, 5.74) is 6.91. The van der Waals surface area contributed by atoms with Crippen molar-refractivity contribution in [1.29, 1.82) is 0 Å². The number of nitrogens with zero attached hydrogens (tertiary/aromatic N) is 6. The molecule has 0 atom stereocenters. The predicted molar refractivity (Wildman–Crippen MR) is 124 cm³/mol. The summed E-state index contributed by atoms with van der Waals surface area (Å²) >= 11 is 1.51. The number of aryl methyl sites for hydroxylation is 1. The fourth-order valence-electron chi connectivity index (χ4n) is 5.05. The molecule has 9 nitrogen and oxygen atoms in total. The quantitative estimate of drug-likeness (QED) is 0.538. The van der Waals surface area contributed by atoms with Gasteiger partial charge in [-0.15, -0.1) is 11.3 Å². The Hall–Kier alpha value is -3.01. The zero-order valence-corrected chi connectivity index (χ0v) is 20.1. The topological polar surface area (TPSA) is 97.4 Å². The molecule has 0 radical (unpaired) electrons. The smallest absolute Gasteiger partial charge is 0.293 e. The fourth-order valence-corrected chi connectivity index (χ4v) is 5.60. The number of carbonyl (C=O) groups excluding carboxylic acids is 2. The van der Waals surface area contributed by atoms with Crippen LogP contribution in [0.5, 0.6) is 0 Å². The second-order valence-electron chi connectivity index (χ2n) is 9.66. The van der Waals surface area contributed by atoms with E-state index in [9.17, 15) is 9.59 Å². The largest absolute Gasteiger partial charge is 0.350 e. The lowest BCUT2D eigenvalue weighted by molar-refractivity contribution is 0.0682. The molecule has 0 bridgehead atoms. The summed E-state index contributed by atoms with van der Waals surface area (Å²) in [6.45, 7) is 2.22. The van der Waals surface area contributed by atoms with E-state index in [1.807, 2.05) is 10.1 Å². The Bertz CT molecular complexity index is 1230. The van der Waals surface area contributed by atoms with Gasteiger partial charge < -0.3 is 14.3 Å². The van der Waals surface area contributed by atoms with Gasteiger partial charge in [0.15, 0.2) is 5.69 Å². The number of amides is 2. The van der Waals surface area contributed by atoms with Crippen molar-refractivity contribution in [3.8, 4) is 0 Å². The molecule has 0 N–H and O–H groups in total. The summed E-state index contributed by atoms with van der Waals surface area (Å²) in [6, 6.07) is 0. The van der Waals surface area contributed by atoms with Crippen LogP contribution < -0.4 is 0 Å². The molecule has 2 aliphatic carbocycles. The van der Waals surface area contributed by atoms with Gasteiger partial charge in [0.05, 0.1) is 30.0 Å². The van der Waals surface area contributed by atoms with E-state index in [-0.39, 0.29) is 11.8 Å². The van der Waals surface area contributed by atoms with E-state index in [4.69, 9.17) is 9.62 Å². The van der Waals surface area contributed by atoms with Crippen molar-refractivity contribution in [3.63, 3.8) is 0 Å². The molecular formula is C24H28N6O3S. The number of fused-ring (bicyclic) bond motifs is 2. The first-order chi connectivity index (χ1) is 16.6. The zero-order chi connectivity index (χ0) is 23.2. The maximum atomic E-state index is 13.4. The molecular weight excluding hydrogens is 452 g/mol. The second kappa shape index (κ2) is 8.65. The molecule has 0 saturated heterocycles. The van der Waals surface area contributed by atoms with Crippen molar-refractivity contribution in [2.45, 2.75) is 64.6 Å². The van der Waals surface area contributed by atoms with Crippen LogP contribution in [0, 0.1) is 5.92 Å². The molecule has 0 aromatic carbocycles. The van der Waals surface area contributed by atoms with E-state index in [1.165, 1.54) is 24.2 Å². The normalized spacial score (nSPS) is 17.4. The molecule has 0 unspecified atom stereocenters.